The Hall–Kier alpha value is -1.16. The molecule has 0 aliphatic rings. The summed E-state index contributed by atoms with van der Waals surface area (Å²) in [5, 5.41) is 5.09. The Bertz CT molecular complexity index is 475. The average Bonchev–Trinajstić information content (AvgIpc) is 2.45. The maximum absolute atomic E-state index is 11.1. The Labute approximate surface area is 83.5 Å². The van der Waals surface area contributed by atoms with E-state index in [0.717, 1.165) is 15.5 Å². The van der Waals surface area contributed by atoms with Gasteiger partial charge in [-0.05, 0) is 22.0 Å². The number of carbonyl (C=O) groups is 1. The molecule has 0 spiro atoms. The topological polar surface area (TPSA) is 34.9 Å². The minimum atomic E-state index is -0.0944. The number of carbonyl (C=O) groups excluding carboxylic acids is 1. The van der Waals surface area contributed by atoms with E-state index in [9.17, 15) is 4.79 Å². The molecule has 0 aliphatic carbocycles. The maximum Gasteiger partial charge on any atom is 0.244 e. The zero-order valence-corrected chi connectivity index (χ0v) is 8.58. The van der Waals surface area contributed by atoms with Crippen LogP contribution in [0.3, 0.4) is 0 Å². The fourth-order valence-electron chi connectivity index (χ4n) is 1.21. The molecule has 1 heterocycles. The highest BCUT2D eigenvalue weighted by molar-refractivity contribution is 9.10. The van der Waals surface area contributed by atoms with E-state index in [1.54, 1.807) is 0 Å². The Balaban J connectivity index is 2.81. The summed E-state index contributed by atoms with van der Waals surface area (Å²) in [6.07, 6.45) is 0. The van der Waals surface area contributed by atoms with E-state index in [1.165, 1.54) is 11.6 Å². The van der Waals surface area contributed by atoms with Gasteiger partial charge in [0.05, 0.1) is 5.52 Å². The van der Waals surface area contributed by atoms with Gasteiger partial charge < -0.3 is 0 Å². The molecule has 3 nitrogen and oxygen atoms in total. The van der Waals surface area contributed by atoms with Gasteiger partial charge in [0.1, 0.15) is 4.60 Å². The van der Waals surface area contributed by atoms with Crippen molar-refractivity contribution in [3.63, 3.8) is 0 Å². The first kappa shape index (κ1) is 8.44. The Kier molecular flexibility index (Phi) is 1.92. The van der Waals surface area contributed by atoms with Gasteiger partial charge in [-0.1, -0.05) is 18.2 Å². The molecule has 0 N–H and O–H groups in total. The summed E-state index contributed by atoms with van der Waals surface area (Å²) >= 11 is 3.33. The van der Waals surface area contributed by atoms with Crippen LogP contribution in [0.4, 0.5) is 0 Å². The molecule has 1 aromatic heterocycles. The van der Waals surface area contributed by atoms with Crippen LogP contribution < -0.4 is 0 Å². The summed E-state index contributed by atoms with van der Waals surface area (Å²) in [6.45, 7) is 1.48. The van der Waals surface area contributed by atoms with Crippen LogP contribution in [-0.4, -0.2) is 15.7 Å². The Morgan fingerprint density at radius 1 is 1.46 bits per heavy atom. The molecule has 66 valence electrons. The minimum absolute atomic E-state index is 0.0944. The number of benzene rings is 1. The number of halogens is 1. The van der Waals surface area contributed by atoms with E-state index >= 15 is 0 Å². The average molecular weight is 239 g/mol. The standard InChI is InChI=1S/C9H7BrN2O/c1-6(13)12-9(10)7-4-2-3-5-8(7)11-12/h2-5H,1H3. The van der Waals surface area contributed by atoms with Crippen LogP contribution in [0, 0.1) is 0 Å². The normalized spacial score (nSPS) is 10.6. The van der Waals surface area contributed by atoms with Crippen molar-refractivity contribution < 1.29 is 4.79 Å². The highest BCUT2D eigenvalue weighted by Gasteiger charge is 2.09. The van der Waals surface area contributed by atoms with Gasteiger partial charge in [-0.3, -0.25) is 4.79 Å². The van der Waals surface area contributed by atoms with Gasteiger partial charge in [-0.15, -0.1) is 0 Å². The predicted octanol–water partition coefficient (Wildman–Crippen LogP) is 2.46. The third kappa shape index (κ3) is 1.27. The highest BCUT2D eigenvalue weighted by Crippen LogP contribution is 2.22. The number of hydrogen-bond acceptors (Lipinski definition) is 2. The first-order valence-corrected chi connectivity index (χ1v) is 4.63. The van der Waals surface area contributed by atoms with Crippen molar-refractivity contribution in [2.24, 2.45) is 0 Å². The second-order valence-electron chi connectivity index (χ2n) is 2.74. The summed E-state index contributed by atoms with van der Waals surface area (Å²) in [4.78, 5) is 11.1. The van der Waals surface area contributed by atoms with Crippen LogP contribution in [0.15, 0.2) is 28.9 Å². The van der Waals surface area contributed by atoms with Crippen molar-refractivity contribution in [3.05, 3.63) is 28.9 Å². The van der Waals surface area contributed by atoms with E-state index in [4.69, 9.17) is 0 Å². The fourth-order valence-corrected chi connectivity index (χ4v) is 1.87. The van der Waals surface area contributed by atoms with Gasteiger partial charge in [0, 0.05) is 12.3 Å². The number of fused-ring (bicyclic) bond motifs is 1. The van der Waals surface area contributed by atoms with Crippen LogP contribution in [0.1, 0.15) is 11.7 Å². The first-order valence-electron chi connectivity index (χ1n) is 3.84. The molecule has 4 heteroatoms. The van der Waals surface area contributed by atoms with E-state index in [0.29, 0.717) is 0 Å². The van der Waals surface area contributed by atoms with Gasteiger partial charge in [-0.2, -0.15) is 9.78 Å². The third-order valence-electron chi connectivity index (χ3n) is 1.82. The molecule has 0 saturated carbocycles. The van der Waals surface area contributed by atoms with Gasteiger partial charge in [0.2, 0.25) is 5.91 Å². The molecule has 0 saturated heterocycles. The lowest BCUT2D eigenvalue weighted by molar-refractivity contribution is 0.0919. The second-order valence-corrected chi connectivity index (χ2v) is 3.49. The third-order valence-corrected chi connectivity index (χ3v) is 2.58. The summed E-state index contributed by atoms with van der Waals surface area (Å²) in [6, 6.07) is 7.61. The molecular weight excluding hydrogens is 232 g/mol. The molecule has 0 amide bonds. The van der Waals surface area contributed by atoms with Crippen LogP contribution in [0.2, 0.25) is 0 Å². The molecule has 0 fully saturated rings. The van der Waals surface area contributed by atoms with Crippen molar-refractivity contribution in [2.45, 2.75) is 6.92 Å². The van der Waals surface area contributed by atoms with Gasteiger partial charge in [0.25, 0.3) is 0 Å². The number of rotatable bonds is 0. The Morgan fingerprint density at radius 3 is 2.77 bits per heavy atom. The summed E-state index contributed by atoms with van der Waals surface area (Å²) < 4.78 is 2.07. The van der Waals surface area contributed by atoms with Crippen LogP contribution in [-0.2, 0) is 0 Å². The molecule has 1 aromatic carbocycles. The molecule has 0 aliphatic heterocycles. The van der Waals surface area contributed by atoms with E-state index in [-0.39, 0.29) is 5.91 Å². The molecular formula is C9H7BrN2O. The molecule has 0 atom stereocenters. The van der Waals surface area contributed by atoms with Crippen molar-refractivity contribution >= 4 is 32.7 Å². The van der Waals surface area contributed by atoms with Crippen molar-refractivity contribution in [1.29, 1.82) is 0 Å². The molecule has 0 bridgehead atoms. The fraction of sp³-hybridized carbons (Fsp3) is 0.111. The lowest BCUT2D eigenvalue weighted by atomic mass is 10.3. The van der Waals surface area contributed by atoms with Crippen molar-refractivity contribution in [1.82, 2.24) is 9.78 Å². The smallest absolute Gasteiger partial charge is 0.244 e. The largest absolute Gasteiger partial charge is 0.273 e. The summed E-state index contributed by atoms with van der Waals surface area (Å²) in [7, 11) is 0. The number of aromatic nitrogens is 2. The molecule has 0 radical (unpaired) electrons. The first-order chi connectivity index (χ1) is 6.20. The molecule has 2 aromatic rings. The molecule has 0 unspecified atom stereocenters. The number of nitrogens with zero attached hydrogens (tertiary/aromatic N) is 2. The zero-order chi connectivity index (χ0) is 9.42. The van der Waals surface area contributed by atoms with Crippen molar-refractivity contribution in [2.75, 3.05) is 0 Å². The van der Waals surface area contributed by atoms with E-state index in [2.05, 4.69) is 21.0 Å². The van der Waals surface area contributed by atoms with E-state index in [1.807, 2.05) is 24.3 Å². The van der Waals surface area contributed by atoms with Gasteiger partial charge in [-0.25, -0.2) is 0 Å². The highest BCUT2D eigenvalue weighted by atomic mass is 79.9. The van der Waals surface area contributed by atoms with Gasteiger partial charge >= 0.3 is 0 Å². The van der Waals surface area contributed by atoms with Crippen molar-refractivity contribution in [3.8, 4) is 0 Å². The van der Waals surface area contributed by atoms with Crippen LogP contribution >= 0.6 is 15.9 Å². The van der Waals surface area contributed by atoms with Gasteiger partial charge in [0.15, 0.2) is 0 Å². The summed E-state index contributed by atoms with van der Waals surface area (Å²) in [5.74, 6) is -0.0944. The quantitative estimate of drug-likeness (QED) is 0.707. The lowest BCUT2D eigenvalue weighted by Crippen LogP contribution is -2.07. The number of hydrogen-bond donors (Lipinski definition) is 0. The molecule has 13 heavy (non-hydrogen) atoms. The maximum atomic E-state index is 11.1. The lowest BCUT2D eigenvalue weighted by Gasteiger charge is -1.93. The minimum Gasteiger partial charge on any atom is -0.273 e. The Morgan fingerprint density at radius 2 is 2.15 bits per heavy atom. The molecule has 2 rings (SSSR count). The summed E-state index contributed by atoms with van der Waals surface area (Å²) in [5.41, 5.74) is 0.824. The SMILES string of the molecule is CC(=O)n1nc2ccccc2c1Br. The second kappa shape index (κ2) is 2.96. The van der Waals surface area contributed by atoms with Crippen LogP contribution in [0.25, 0.3) is 10.9 Å². The van der Waals surface area contributed by atoms with Crippen LogP contribution in [0.5, 0.6) is 0 Å². The predicted molar refractivity (Wildman–Crippen MR) is 53.7 cm³/mol. The monoisotopic (exact) mass is 238 g/mol. The van der Waals surface area contributed by atoms with E-state index < -0.39 is 0 Å². The zero-order valence-electron chi connectivity index (χ0n) is 6.99.